The van der Waals surface area contributed by atoms with E-state index in [0.29, 0.717) is 5.02 Å². The lowest BCUT2D eigenvalue weighted by Crippen LogP contribution is -1.89. The fourth-order valence-corrected chi connectivity index (χ4v) is 2.67. The van der Waals surface area contributed by atoms with Crippen molar-refractivity contribution in [1.29, 1.82) is 0 Å². The minimum absolute atomic E-state index is 0.145. The van der Waals surface area contributed by atoms with E-state index in [4.69, 9.17) is 11.6 Å². The van der Waals surface area contributed by atoms with E-state index < -0.39 is 0 Å². The average Bonchev–Trinajstić information content (AvgIpc) is 2.93. The lowest BCUT2D eigenvalue weighted by Gasteiger charge is -2.02. The van der Waals surface area contributed by atoms with Crippen molar-refractivity contribution in [3.63, 3.8) is 0 Å². The maximum absolute atomic E-state index is 9.53. The molecule has 0 aliphatic heterocycles. The van der Waals surface area contributed by atoms with Crippen LogP contribution in [-0.4, -0.2) is 15.2 Å². The number of hydrogen-bond donors (Lipinski definition) is 3. The molecule has 0 amide bonds. The van der Waals surface area contributed by atoms with Gasteiger partial charge in [0.15, 0.2) is 16.6 Å². The Labute approximate surface area is 130 Å². The van der Waals surface area contributed by atoms with Crippen LogP contribution in [-0.2, 0) is 0 Å². The third-order valence-electron chi connectivity index (χ3n) is 2.87. The number of benzene rings is 2. The van der Waals surface area contributed by atoms with Gasteiger partial charge in [0, 0.05) is 21.7 Å². The highest BCUT2D eigenvalue weighted by Gasteiger charge is 2.07. The van der Waals surface area contributed by atoms with Gasteiger partial charge in [-0.05, 0) is 42.5 Å². The third kappa shape index (κ3) is 3.09. The molecule has 3 aromatic rings. The highest BCUT2D eigenvalue weighted by molar-refractivity contribution is 7.14. The number of rotatable bonds is 3. The maximum Gasteiger partial charge on any atom is 0.187 e. The number of aromatic nitrogens is 1. The second-order valence-corrected chi connectivity index (χ2v) is 5.67. The maximum atomic E-state index is 9.53. The Morgan fingerprint density at radius 1 is 1.00 bits per heavy atom. The fourth-order valence-electron chi connectivity index (χ4n) is 1.80. The minimum atomic E-state index is -0.160. The zero-order chi connectivity index (χ0) is 14.8. The molecule has 0 radical (unpaired) electrons. The Morgan fingerprint density at radius 2 is 1.76 bits per heavy atom. The van der Waals surface area contributed by atoms with Crippen molar-refractivity contribution in [2.45, 2.75) is 0 Å². The quantitative estimate of drug-likeness (QED) is 0.617. The molecule has 3 rings (SSSR count). The largest absolute Gasteiger partial charge is 0.504 e. The van der Waals surface area contributed by atoms with Crippen LogP contribution in [0, 0.1) is 0 Å². The molecule has 0 fully saturated rings. The topological polar surface area (TPSA) is 65.4 Å². The molecule has 4 nitrogen and oxygen atoms in total. The summed E-state index contributed by atoms with van der Waals surface area (Å²) < 4.78 is 0. The smallest absolute Gasteiger partial charge is 0.187 e. The fraction of sp³-hybridized carbons (Fsp3) is 0. The number of thiazole rings is 1. The summed E-state index contributed by atoms with van der Waals surface area (Å²) in [5.41, 5.74) is 2.37. The van der Waals surface area contributed by atoms with Crippen LogP contribution in [0.2, 0.25) is 5.02 Å². The van der Waals surface area contributed by atoms with E-state index in [0.717, 1.165) is 22.1 Å². The van der Waals surface area contributed by atoms with E-state index in [-0.39, 0.29) is 11.5 Å². The minimum Gasteiger partial charge on any atom is -0.504 e. The first kappa shape index (κ1) is 13.7. The lowest BCUT2D eigenvalue weighted by atomic mass is 10.1. The summed E-state index contributed by atoms with van der Waals surface area (Å²) in [6, 6.07) is 12.0. The van der Waals surface area contributed by atoms with Crippen molar-refractivity contribution in [2.24, 2.45) is 0 Å². The normalized spacial score (nSPS) is 10.5. The first-order valence-corrected chi connectivity index (χ1v) is 7.38. The standard InChI is InChI=1S/C15H11ClN2O2S/c16-10-2-4-11(5-3-10)17-15-18-12(8-21-15)9-1-6-13(19)14(20)7-9/h1-8,19-20H,(H,17,18). The molecule has 0 atom stereocenters. The van der Waals surface area contributed by atoms with E-state index in [9.17, 15) is 10.2 Å². The van der Waals surface area contributed by atoms with Gasteiger partial charge in [-0.3, -0.25) is 0 Å². The van der Waals surface area contributed by atoms with E-state index >= 15 is 0 Å². The van der Waals surface area contributed by atoms with Gasteiger partial charge >= 0.3 is 0 Å². The molecule has 21 heavy (non-hydrogen) atoms. The molecular formula is C15H11ClN2O2S. The summed E-state index contributed by atoms with van der Waals surface area (Å²) in [6.07, 6.45) is 0. The highest BCUT2D eigenvalue weighted by Crippen LogP contribution is 2.32. The molecule has 3 N–H and O–H groups in total. The van der Waals surface area contributed by atoms with E-state index in [1.807, 2.05) is 17.5 Å². The van der Waals surface area contributed by atoms with Crippen LogP contribution in [0.3, 0.4) is 0 Å². The molecular weight excluding hydrogens is 308 g/mol. The molecule has 2 aromatic carbocycles. The van der Waals surface area contributed by atoms with Crippen molar-refractivity contribution in [3.05, 3.63) is 52.9 Å². The summed E-state index contributed by atoms with van der Waals surface area (Å²) in [6.45, 7) is 0. The van der Waals surface area contributed by atoms with Crippen molar-refractivity contribution < 1.29 is 10.2 Å². The van der Waals surface area contributed by atoms with Gasteiger partial charge < -0.3 is 15.5 Å². The van der Waals surface area contributed by atoms with Gasteiger partial charge in [0.05, 0.1) is 5.69 Å². The SMILES string of the molecule is Oc1ccc(-c2csc(Nc3ccc(Cl)cc3)n2)cc1O. The Bertz CT molecular complexity index is 772. The van der Waals surface area contributed by atoms with Gasteiger partial charge in [0.25, 0.3) is 0 Å². The number of anilines is 2. The van der Waals surface area contributed by atoms with Crippen LogP contribution in [0.4, 0.5) is 10.8 Å². The third-order valence-corrected chi connectivity index (χ3v) is 3.88. The monoisotopic (exact) mass is 318 g/mol. The predicted octanol–water partition coefficient (Wildman–Crippen LogP) is 4.62. The second-order valence-electron chi connectivity index (χ2n) is 4.37. The van der Waals surface area contributed by atoms with Crippen molar-refractivity contribution in [1.82, 2.24) is 4.98 Å². The number of halogens is 1. The van der Waals surface area contributed by atoms with Gasteiger partial charge in [0.1, 0.15) is 0 Å². The van der Waals surface area contributed by atoms with Gasteiger partial charge in [-0.15, -0.1) is 11.3 Å². The number of phenolic OH excluding ortho intramolecular Hbond substituents is 2. The Kier molecular flexibility index (Phi) is 3.68. The van der Waals surface area contributed by atoms with Crippen LogP contribution >= 0.6 is 22.9 Å². The zero-order valence-corrected chi connectivity index (χ0v) is 12.3. The molecule has 0 bridgehead atoms. The molecule has 0 aliphatic rings. The van der Waals surface area contributed by atoms with Crippen LogP contribution in [0.5, 0.6) is 11.5 Å². The summed E-state index contributed by atoms with van der Waals surface area (Å²) in [5.74, 6) is -0.304. The molecule has 1 heterocycles. The lowest BCUT2D eigenvalue weighted by molar-refractivity contribution is 0.404. The summed E-state index contributed by atoms with van der Waals surface area (Å²) >= 11 is 7.30. The molecule has 0 saturated carbocycles. The van der Waals surface area contributed by atoms with E-state index in [2.05, 4.69) is 10.3 Å². The zero-order valence-electron chi connectivity index (χ0n) is 10.7. The first-order chi connectivity index (χ1) is 10.1. The Morgan fingerprint density at radius 3 is 2.48 bits per heavy atom. The average molecular weight is 319 g/mol. The highest BCUT2D eigenvalue weighted by atomic mass is 35.5. The molecule has 0 aliphatic carbocycles. The van der Waals surface area contributed by atoms with Crippen LogP contribution in [0.15, 0.2) is 47.8 Å². The van der Waals surface area contributed by atoms with Crippen molar-refractivity contribution in [2.75, 3.05) is 5.32 Å². The molecule has 6 heteroatoms. The summed E-state index contributed by atoms with van der Waals surface area (Å²) in [7, 11) is 0. The van der Waals surface area contributed by atoms with Gasteiger partial charge in [-0.25, -0.2) is 4.98 Å². The number of aromatic hydroxyl groups is 2. The van der Waals surface area contributed by atoms with Gasteiger partial charge in [-0.1, -0.05) is 11.6 Å². The van der Waals surface area contributed by atoms with Crippen LogP contribution in [0.25, 0.3) is 11.3 Å². The van der Waals surface area contributed by atoms with Crippen molar-refractivity contribution in [3.8, 4) is 22.8 Å². The molecule has 1 aromatic heterocycles. The number of nitrogens with one attached hydrogen (secondary N) is 1. The molecule has 0 saturated heterocycles. The summed E-state index contributed by atoms with van der Waals surface area (Å²) in [4.78, 5) is 4.45. The van der Waals surface area contributed by atoms with E-state index in [1.165, 1.54) is 23.5 Å². The number of hydrogen-bond acceptors (Lipinski definition) is 5. The Hall–Kier alpha value is -2.24. The molecule has 0 unspecified atom stereocenters. The van der Waals surface area contributed by atoms with Gasteiger partial charge in [-0.2, -0.15) is 0 Å². The van der Waals surface area contributed by atoms with Crippen molar-refractivity contribution >= 4 is 33.8 Å². The van der Waals surface area contributed by atoms with Crippen LogP contribution in [0.1, 0.15) is 0 Å². The second kappa shape index (κ2) is 5.63. The van der Waals surface area contributed by atoms with Gasteiger partial charge in [0.2, 0.25) is 0 Å². The summed E-state index contributed by atoms with van der Waals surface area (Å²) in [5, 5.41) is 25.3. The Balaban J connectivity index is 1.82. The number of phenols is 2. The first-order valence-electron chi connectivity index (χ1n) is 6.12. The van der Waals surface area contributed by atoms with Crippen LogP contribution < -0.4 is 5.32 Å². The predicted molar refractivity (Wildman–Crippen MR) is 85.6 cm³/mol. The molecule has 106 valence electrons. The van der Waals surface area contributed by atoms with E-state index in [1.54, 1.807) is 18.2 Å². The number of nitrogens with zero attached hydrogens (tertiary/aromatic N) is 1. The molecule has 0 spiro atoms.